The maximum Gasteiger partial charge on any atom is 0.315 e. The number of aryl methyl sites for hydroxylation is 2. The zero-order valence-electron chi connectivity index (χ0n) is 15.5. The molecule has 1 N–H and O–H groups in total. The molecule has 1 aliphatic heterocycles. The molecule has 4 rings (SSSR count). The highest BCUT2D eigenvalue weighted by atomic mass is 32.1. The van der Waals surface area contributed by atoms with Gasteiger partial charge in [0.25, 0.3) is 5.56 Å². The second-order valence-corrected chi connectivity index (χ2v) is 7.83. The van der Waals surface area contributed by atoms with Crippen molar-refractivity contribution in [1.29, 1.82) is 0 Å². The van der Waals surface area contributed by atoms with Crippen LogP contribution in [-0.2, 0) is 6.54 Å². The molecule has 0 amide bonds. The van der Waals surface area contributed by atoms with Crippen LogP contribution < -0.4 is 10.3 Å². The fourth-order valence-electron chi connectivity index (χ4n) is 3.45. The molecule has 0 spiro atoms. The number of allylic oxidation sites excluding steroid dienone is 1. The van der Waals surface area contributed by atoms with Crippen molar-refractivity contribution in [2.24, 2.45) is 0 Å². The third kappa shape index (κ3) is 2.66. The minimum atomic E-state index is -0.661. The molecule has 0 unspecified atom stereocenters. The number of nitro groups is 1. The van der Waals surface area contributed by atoms with E-state index < -0.39 is 16.4 Å². The van der Waals surface area contributed by atoms with E-state index in [4.69, 9.17) is 9.72 Å². The van der Waals surface area contributed by atoms with E-state index in [9.17, 15) is 20.0 Å². The highest BCUT2D eigenvalue weighted by Crippen LogP contribution is 2.39. The summed E-state index contributed by atoms with van der Waals surface area (Å²) < 4.78 is 6.70. The van der Waals surface area contributed by atoms with Gasteiger partial charge in [0.05, 0.1) is 17.4 Å². The van der Waals surface area contributed by atoms with Gasteiger partial charge < -0.3 is 9.84 Å². The molecule has 144 valence electrons. The molecule has 28 heavy (non-hydrogen) atoms. The van der Waals surface area contributed by atoms with Gasteiger partial charge in [0.2, 0.25) is 5.75 Å². The quantitative estimate of drug-likeness (QED) is 0.532. The van der Waals surface area contributed by atoms with E-state index in [0.29, 0.717) is 34.6 Å². The smallest absolute Gasteiger partial charge is 0.315 e. The van der Waals surface area contributed by atoms with Crippen LogP contribution in [0.1, 0.15) is 28.2 Å². The van der Waals surface area contributed by atoms with Crippen LogP contribution in [0.25, 0.3) is 21.9 Å². The van der Waals surface area contributed by atoms with Gasteiger partial charge in [0, 0.05) is 17.5 Å². The summed E-state index contributed by atoms with van der Waals surface area (Å²) in [5.74, 6) is 0.0832. The molecule has 0 fully saturated rings. The summed E-state index contributed by atoms with van der Waals surface area (Å²) in [4.78, 5) is 29.9. The summed E-state index contributed by atoms with van der Waals surface area (Å²) in [6.07, 6.45) is 2.34. The molecule has 1 aliphatic rings. The predicted octanol–water partition coefficient (Wildman–Crippen LogP) is 3.64. The number of rotatable bonds is 3. The number of ether oxygens (including phenoxy) is 1. The number of nitro benzene ring substituents is 1. The van der Waals surface area contributed by atoms with Gasteiger partial charge in [0.1, 0.15) is 10.7 Å². The Balaban J connectivity index is 1.89. The minimum absolute atomic E-state index is 0.0179. The number of phenolic OH excluding ortho intramolecular Hbond substituents is 1. The Hall–Kier alpha value is -3.20. The van der Waals surface area contributed by atoms with Crippen molar-refractivity contribution in [1.82, 2.24) is 9.55 Å². The summed E-state index contributed by atoms with van der Waals surface area (Å²) >= 11 is 1.49. The first-order chi connectivity index (χ1) is 13.3. The van der Waals surface area contributed by atoms with E-state index in [-0.39, 0.29) is 11.3 Å². The van der Waals surface area contributed by atoms with Crippen LogP contribution in [0.2, 0.25) is 0 Å². The second-order valence-electron chi connectivity index (χ2n) is 6.62. The number of aromatic hydroxyl groups is 1. The Bertz CT molecular complexity index is 1240. The first kappa shape index (κ1) is 18.2. The lowest BCUT2D eigenvalue weighted by Gasteiger charge is -2.06. The normalized spacial score (nSPS) is 14.6. The van der Waals surface area contributed by atoms with E-state index in [1.807, 2.05) is 13.8 Å². The number of methoxy groups -OCH3 is 1. The molecule has 0 radical (unpaired) electrons. The first-order valence-corrected chi connectivity index (χ1v) is 9.40. The third-order valence-electron chi connectivity index (χ3n) is 5.02. The molecule has 0 saturated heterocycles. The fourth-order valence-corrected chi connectivity index (χ4v) is 4.47. The van der Waals surface area contributed by atoms with Gasteiger partial charge in [-0.1, -0.05) is 0 Å². The number of phenols is 1. The van der Waals surface area contributed by atoms with Crippen LogP contribution in [0.4, 0.5) is 5.69 Å². The molecule has 9 heteroatoms. The lowest BCUT2D eigenvalue weighted by molar-refractivity contribution is -0.386. The van der Waals surface area contributed by atoms with E-state index in [1.165, 1.54) is 30.6 Å². The summed E-state index contributed by atoms with van der Waals surface area (Å²) in [5.41, 5.74) is 1.78. The molecular weight excluding hydrogens is 382 g/mol. The molecule has 0 saturated carbocycles. The van der Waals surface area contributed by atoms with Gasteiger partial charge in [-0.15, -0.1) is 11.3 Å². The zero-order chi connectivity index (χ0) is 20.2. The molecule has 8 nitrogen and oxygen atoms in total. The van der Waals surface area contributed by atoms with Crippen LogP contribution in [-0.4, -0.2) is 26.7 Å². The number of thiophene rings is 1. The molecule has 3 aromatic rings. The molecule has 2 aromatic heterocycles. The lowest BCUT2D eigenvalue weighted by Crippen LogP contribution is -2.20. The van der Waals surface area contributed by atoms with Crippen LogP contribution in [0.3, 0.4) is 0 Å². The Labute approximate surface area is 163 Å². The summed E-state index contributed by atoms with van der Waals surface area (Å²) in [6.45, 7) is 4.40. The summed E-state index contributed by atoms with van der Waals surface area (Å²) in [7, 11) is 1.33. The Kier molecular flexibility index (Phi) is 4.19. The van der Waals surface area contributed by atoms with Crippen molar-refractivity contribution in [2.45, 2.75) is 26.8 Å². The van der Waals surface area contributed by atoms with Gasteiger partial charge in [-0.05, 0) is 49.1 Å². The van der Waals surface area contributed by atoms with Gasteiger partial charge in [-0.2, -0.15) is 0 Å². The van der Waals surface area contributed by atoms with E-state index in [0.717, 1.165) is 16.0 Å². The van der Waals surface area contributed by atoms with Crippen LogP contribution >= 0.6 is 11.3 Å². The molecule has 0 atom stereocenters. The number of nitrogens with zero attached hydrogens (tertiary/aromatic N) is 3. The average Bonchev–Trinajstić information content (AvgIpc) is 3.18. The minimum Gasteiger partial charge on any atom is -0.500 e. The Morgan fingerprint density at radius 1 is 1.39 bits per heavy atom. The molecular formula is C19H17N3O5S. The maximum atomic E-state index is 12.9. The van der Waals surface area contributed by atoms with Crippen molar-refractivity contribution < 1.29 is 14.8 Å². The van der Waals surface area contributed by atoms with Crippen molar-refractivity contribution in [2.75, 3.05) is 7.11 Å². The van der Waals surface area contributed by atoms with Gasteiger partial charge in [0.15, 0.2) is 5.75 Å². The predicted molar refractivity (Wildman–Crippen MR) is 107 cm³/mol. The number of aromatic nitrogens is 2. The maximum absolute atomic E-state index is 12.9. The van der Waals surface area contributed by atoms with Crippen molar-refractivity contribution >= 4 is 38.9 Å². The standard InChI is InChI=1S/C19H17N3O5S/c1-9-10(2)28-18-15(9)19(24)21-5-4-12(17(21)20-18)6-11-7-13(22(25)26)16(23)14(8-11)27-3/h6-8,23H,4-5H2,1-3H3/b12-6-. The van der Waals surface area contributed by atoms with E-state index in [2.05, 4.69) is 0 Å². The monoisotopic (exact) mass is 399 g/mol. The van der Waals surface area contributed by atoms with E-state index in [1.54, 1.807) is 10.6 Å². The molecule has 0 aliphatic carbocycles. The highest BCUT2D eigenvalue weighted by molar-refractivity contribution is 7.18. The Morgan fingerprint density at radius 2 is 2.14 bits per heavy atom. The Morgan fingerprint density at radius 3 is 2.82 bits per heavy atom. The topological polar surface area (TPSA) is 107 Å². The number of fused-ring (bicyclic) bond motifs is 2. The molecule has 1 aromatic carbocycles. The third-order valence-corrected chi connectivity index (χ3v) is 6.12. The molecule has 3 heterocycles. The van der Waals surface area contributed by atoms with Crippen LogP contribution in [0, 0.1) is 24.0 Å². The van der Waals surface area contributed by atoms with Crippen LogP contribution in [0.15, 0.2) is 16.9 Å². The number of benzene rings is 1. The number of hydrogen-bond donors (Lipinski definition) is 1. The van der Waals surface area contributed by atoms with E-state index >= 15 is 0 Å². The number of hydrogen-bond acceptors (Lipinski definition) is 7. The van der Waals surface area contributed by atoms with Gasteiger partial charge in [-0.3, -0.25) is 19.5 Å². The SMILES string of the molecule is COc1cc(/C=C2/CCn3c2nc2sc(C)c(C)c2c3=O)cc([N+](=O)[O-])c1O. The average molecular weight is 399 g/mol. The van der Waals surface area contributed by atoms with Crippen molar-refractivity contribution in [3.05, 3.63) is 54.4 Å². The second kappa shape index (κ2) is 6.45. The molecule has 0 bridgehead atoms. The lowest BCUT2D eigenvalue weighted by atomic mass is 10.1. The van der Waals surface area contributed by atoms with Gasteiger partial charge in [-0.25, -0.2) is 4.98 Å². The fraction of sp³-hybridized carbons (Fsp3) is 0.263. The van der Waals surface area contributed by atoms with Crippen molar-refractivity contribution in [3.8, 4) is 11.5 Å². The summed E-state index contributed by atoms with van der Waals surface area (Å²) in [5, 5.41) is 21.8. The zero-order valence-corrected chi connectivity index (χ0v) is 16.3. The van der Waals surface area contributed by atoms with Crippen molar-refractivity contribution in [3.63, 3.8) is 0 Å². The first-order valence-electron chi connectivity index (χ1n) is 8.58. The largest absolute Gasteiger partial charge is 0.500 e. The van der Waals surface area contributed by atoms with Gasteiger partial charge >= 0.3 is 5.69 Å². The summed E-state index contributed by atoms with van der Waals surface area (Å²) in [6, 6.07) is 2.80. The highest BCUT2D eigenvalue weighted by Gasteiger charge is 2.24. The van der Waals surface area contributed by atoms with Crippen LogP contribution in [0.5, 0.6) is 11.5 Å².